The highest BCUT2D eigenvalue weighted by Gasteiger charge is 2.23. The van der Waals surface area contributed by atoms with Crippen molar-refractivity contribution in [2.24, 2.45) is 5.73 Å². The van der Waals surface area contributed by atoms with E-state index in [2.05, 4.69) is 5.32 Å². The van der Waals surface area contributed by atoms with Crippen molar-refractivity contribution in [1.29, 1.82) is 0 Å². The average molecular weight is 366 g/mol. The molecule has 2 amide bonds. The van der Waals surface area contributed by atoms with Gasteiger partial charge >= 0.3 is 0 Å². The summed E-state index contributed by atoms with van der Waals surface area (Å²) in [5, 5.41) is 3.26. The van der Waals surface area contributed by atoms with Crippen molar-refractivity contribution in [1.82, 2.24) is 0 Å². The number of methoxy groups -OCH3 is 1. The number of hydrogen-bond donors (Lipinski definition) is 2. The number of thiophene rings is 1. The first kappa shape index (κ1) is 17.7. The second-order valence-electron chi connectivity index (χ2n) is 5.65. The SMILES string of the molecule is COc1cccc(C(=O)Nc2sc(C)c(-c3ccccc3)c2C(N)=O)c1. The molecule has 3 N–H and O–H groups in total. The molecule has 26 heavy (non-hydrogen) atoms. The molecule has 0 saturated heterocycles. The molecule has 0 bridgehead atoms. The number of anilines is 1. The molecule has 0 atom stereocenters. The van der Waals surface area contributed by atoms with Crippen molar-refractivity contribution in [3.8, 4) is 16.9 Å². The maximum atomic E-state index is 12.6. The van der Waals surface area contributed by atoms with Crippen molar-refractivity contribution in [2.45, 2.75) is 6.92 Å². The third-order valence-corrected chi connectivity index (χ3v) is 4.97. The Labute approximate surface area is 155 Å². The Kier molecular flexibility index (Phi) is 5.04. The fraction of sp³-hybridized carbons (Fsp3) is 0.100. The van der Waals surface area contributed by atoms with Gasteiger partial charge in [-0.05, 0) is 30.7 Å². The van der Waals surface area contributed by atoms with Crippen LogP contribution in [0.25, 0.3) is 11.1 Å². The summed E-state index contributed by atoms with van der Waals surface area (Å²) in [5.41, 5.74) is 8.03. The van der Waals surface area contributed by atoms with Gasteiger partial charge in [0.1, 0.15) is 10.8 Å². The molecule has 2 aromatic carbocycles. The fourth-order valence-corrected chi connectivity index (χ4v) is 3.84. The second-order valence-corrected chi connectivity index (χ2v) is 6.88. The first-order chi connectivity index (χ1) is 12.5. The van der Waals surface area contributed by atoms with E-state index in [1.54, 1.807) is 24.3 Å². The number of aryl methyl sites for hydroxylation is 1. The molecule has 0 fully saturated rings. The van der Waals surface area contributed by atoms with E-state index in [1.807, 2.05) is 37.3 Å². The van der Waals surface area contributed by atoms with Gasteiger partial charge in [0.15, 0.2) is 0 Å². The first-order valence-corrected chi connectivity index (χ1v) is 8.77. The molecule has 6 heteroatoms. The summed E-state index contributed by atoms with van der Waals surface area (Å²) >= 11 is 1.33. The summed E-state index contributed by atoms with van der Waals surface area (Å²) in [5.74, 6) is -0.318. The first-order valence-electron chi connectivity index (χ1n) is 7.95. The number of ether oxygens (including phenoxy) is 1. The zero-order valence-electron chi connectivity index (χ0n) is 14.4. The van der Waals surface area contributed by atoms with Gasteiger partial charge in [0.2, 0.25) is 0 Å². The summed E-state index contributed by atoms with van der Waals surface area (Å²) in [6, 6.07) is 16.3. The van der Waals surface area contributed by atoms with E-state index in [4.69, 9.17) is 10.5 Å². The van der Waals surface area contributed by atoms with Gasteiger partial charge in [0, 0.05) is 16.0 Å². The molecule has 0 saturated carbocycles. The lowest BCUT2D eigenvalue weighted by atomic mass is 10.0. The molecule has 0 aliphatic heterocycles. The lowest BCUT2D eigenvalue weighted by molar-refractivity contribution is 0.100. The standard InChI is InChI=1S/C20H18N2O3S/c1-12-16(13-7-4-3-5-8-13)17(18(21)23)20(26-12)22-19(24)14-9-6-10-15(11-14)25-2/h3-11H,1-2H3,(H2,21,23)(H,22,24). The normalized spacial score (nSPS) is 10.4. The van der Waals surface area contributed by atoms with Gasteiger partial charge in [0.05, 0.1) is 12.7 Å². The highest BCUT2D eigenvalue weighted by molar-refractivity contribution is 7.17. The Bertz CT molecular complexity index is 964. The molecule has 0 radical (unpaired) electrons. The zero-order chi connectivity index (χ0) is 18.7. The molecule has 1 aromatic heterocycles. The predicted molar refractivity (Wildman–Crippen MR) is 104 cm³/mol. The third-order valence-electron chi connectivity index (χ3n) is 3.95. The Morgan fingerprint density at radius 1 is 1.08 bits per heavy atom. The summed E-state index contributed by atoms with van der Waals surface area (Å²) in [6.07, 6.45) is 0. The van der Waals surface area contributed by atoms with Crippen LogP contribution in [0.2, 0.25) is 0 Å². The number of hydrogen-bond acceptors (Lipinski definition) is 4. The van der Waals surface area contributed by atoms with Crippen LogP contribution in [-0.4, -0.2) is 18.9 Å². The average Bonchev–Trinajstić information content (AvgIpc) is 2.98. The quantitative estimate of drug-likeness (QED) is 0.714. The molecule has 3 rings (SSSR count). The minimum atomic E-state index is -0.575. The molecular weight excluding hydrogens is 348 g/mol. The van der Waals surface area contributed by atoms with Crippen LogP contribution in [0.3, 0.4) is 0 Å². The van der Waals surface area contributed by atoms with Crippen LogP contribution in [0.15, 0.2) is 54.6 Å². The summed E-state index contributed by atoms with van der Waals surface area (Å²) < 4.78 is 5.15. The second kappa shape index (κ2) is 7.41. The Balaban J connectivity index is 2.00. The van der Waals surface area contributed by atoms with Crippen molar-refractivity contribution in [3.63, 3.8) is 0 Å². The van der Waals surface area contributed by atoms with E-state index < -0.39 is 5.91 Å². The van der Waals surface area contributed by atoms with Gasteiger partial charge in [-0.1, -0.05) is 36.4 Å². The monoisotopic (exact) mass is 366 g/mol. The van der Waals surface area contributed by atoms with Crippen LogP contribution < -0.4 is 15.8 Å². The number of rotatable bonds is 5. The van der Waals surface area contributed by atoms with E-state index in [1.165, 1.54) is 18.4 Å². The van der Waals surface area contributed by atoms with E-state index in [9.17, 15) is 9.59 Å². The van der Waals surface area contributed by atoms with Gasteiger partial charge < -0.3 is 15.8 Å². The van der Waals surface area contributed by atoms with Crippen LogP contribution >= 0.6 is 11.3 Å². The number of primary amides is 1. The van der Waals surface area contributed by atoms with Gasteiger partial charge in [0.25, 0.3) is 11.8 Å². The lowest BCUT2D eigenvalue weighted by Crippen LogP contribution is -2.17. The number of nitrogens with one attached hydrogen (secondary N) is 1. The maximum Gasteiger partial charge on any atom is 0.256 e. The molecule has 5 nitrogen and oxygen atoms in total. The van der Waals surface area contributed by atoms with E-state index >= 15 is 0 Å². The molecular formula is C20H18N2O3S. The van der Waals surface area contributed by atoms with E-state index in [-0.39, 0.29) is 5.91 Å². The summed E-state index contributed by atoms with van der Waals surface area (Å²) in [7, 11) is 1.54. The van der Waals surface area contributed by atoms with Crippen molar-refractivity contribution in [2.75, 3.05) is 12.4 Å². The van der Waals surface area contributed by atoms with E-state index in [0.717, 1.165) is 16.0 Å². The van der Waals surface area contributed by atoms with Crippen LogP contribution in [0, 0.1) is 6.92 Å². The summed E-state index contributed by atoms with van der Waals surface area (Å²) in [6.45, 7) is 1.90. The highest BCUT2D eigenvalue weighted by atomic mass is 32.1. The number of nitrogens with two attached hydrogens (primary N) is 1. The lowest BCUT2D eigenvalue weighted by Gasteiger charge is -2.08. The Morgan fingerprint density at radius 3 is 2.46 bits per heavy atom. The van der Waals surface area contributed by atoms with Gasteiger partial charge in [-0.3, -0.25) is 9.59 Å². The zero-order valence-corrected chi connectivity index (χ0v) is 15.2. The highest BCUT2D eigenvalue weighted by Crippen LogP contribution is 2.39. The molecule has 0 unspecified atom stereocenters. The smallest absolute Gasteiger partial charge is 0.256 e. The van der Waals surface area contributed by atoms with Crippen molar-refractivity contribution < 1.29 is 14.3 Å². The molecule has 3 aromatic rings. The summed E-state index contributed by atoms with van der Waals surface area (Å²) in [4.78, 5) is 25.6. The number of amides is 2. The molecule has 1 heterocycles. The minimum Gasteiger partial charge on any atom is -0.497 e. The number of benzene rings is 2. The third kappa shape index (κ3) is 3.45. The molecule has 132 valence electrons. The topological polar surface area (TPSA) is 81.4 Å². The largest absolute Gasteiger partial charge is 0.497 e. The van der Waals surface area contributed by atoms with Gasteiger partial charge in [-0.2, -0.15) is 0 Å². The van der Waals surface area contributed by atoms with E-state index in [0.29, 0.717) is 21.9 Å². The van der Waals surface area contributed by atoms with Crippen molar-refractivity contribution in [3.05, 3.63) is 70.6 Å². The minimum absolute atomic E-state index is 0.327. The number of carbonyl (C=O) groups is 2. The van der Waals surface area contributed by atoms with Crippen LogP contribution in [0.1, 0.15) is 25.6 Å². The molecule has 0 spiro atoms. The van der Waals surface area contributed by atoms with Gasteiger partial charge in [-0.15, -0.1) is 11.3 Å². The maximum absolute atomic E-state index is 12.6. The Morgan fingerprint density at radius 2 is 1.81 bits per heavy atom. The van der Waals surface area contributed by atoms with Gasteiger partial charge in [-0.25, -0.2) is 0 Å². The van der Waals surface area contributed by atoms with Crippen LogP contribution in [0.5, 0.6) is 5.75 Å². The molecule has 0 aliphatic rings. The molecule has 0 aliphatic carbocycles. The fourth-order valence-electron chi connectivity index (χ4n) is 2.76. The van der Waals surface area contributed by atoms with Crippen LogP contribution in [-0.2, 0) is 0 Å². The Hall–Kier alpha value is -3.12. The predicted octanol–water partition coefficient (Wildman–Crippen LogP) is 4.08. The van der Waals surface area contributed by atoms with Crippen molar-refractivity contribution >= 4 is 28.2 Å². The van der Waals surface area contributed by atoms with Crippen LogP contribution in [0.4, 0.5) is 5.00 Å². The number of carbonyl (C=O) groups excluding carboxylic acids is 2.